The number of hydrogen-bond acceptors (Lipinski definition) is 2. The van der Waals surface area contributed by atoms with Crippen molar-refractivity contribution in [3.63, 3.8) is 0 Å². The van der Waals surface area contributed by atoms with Crippen LogP contribution in [-0.4, -0.2) is 50.8 Å². The first kappa shape index (κ1) is 20.2. The van der Waals surface area contributed by atoms with E-state index in [1.165, 1.54) is 6.07 Å². The van der Waals surface area contributed by atoms with E-state index in [2.05, 4.69) is 22.1 Å². The van der Waals surface area contributed by atoms with Crippen LogP contribution in [0.5, 0.6) is 0 Å². The Kier molecular flexibility index (Phi) is 9.47. The van der Waals surface area contributed by atoms with Gasteiger partial charge in [0.2, 0.25) is 0 Å². The molecule has 0 amide bonds. The lowest BCUT2D eigenvalue weighted by Gasteiger charge is -2.24. The Hall–Kier alpha value is -0.890. The molecule has 1 aliphatic rings. The van der Waals surface area contributed by atoms with Gasteiger partial charge in [-0.2, -0.15) is 0 Å². The summed E-state index contributed by atoms with van der Waals surface area (Å²) in [5, 5.41) is 3.30. The fourth-order valence-electron chi connectivity index (χ4n) is 2.65. The first-order chi connectivity index (χ1) is 10.7. The topological polar surface area (TPSA) is 36.9 Å². The van der Waals surface area contributed by atoms with Crippen LogP contribution in [0.4, 0.5) is 4.39 Å². The molecule has 0 saturated carbocycles. The van der Waals surface area contributed by atoms with E-state index in [0.29, 0.717) is 24.4 Å². The zero-order valence-electron chi connectivity index (χ0n) is 13.9. The van der Waals surface area contributed by atoms with Crippen LogP contribution in [0.15, 0.2) is 29.3 Å². The van der Waals surface area contributed by atoms with E-state index < -0.39 is 0 Å². The van der Waals surface area contributed by atoms with Crippen molar-refractivity contribution < 1.29 is 9.13 Å². The van der Waals surface area contributed by atoms with Crippen LogP contribution in [0.1, 0.15) is 18.9 Å². The predicted molar refractivity (Wildman–Crippen MR) is 103 cm³/mol. The summed E-state index contributed by atoms with van der Waals surface area (Å²) in [6.07, 6.45) is 1.72. The number of aliphatic imine (C=N–C) groups is 1. The third-order valence-electron chi connectivity index (χ3n) is 3.85. The van der Waals surface area contributed by atoms with Crippen LogP contribution >= 0.6 is 24.0 Å². The molecule has 2 rings (SSSR count). The highest BCUT2D eigenvalue weighted by Crippen LogP contribution is 2.13. The van der Waals surface area contributed by atoms with Crippen LogP contribution in [0.3, 0.4) is 0 Å². The molecule has 0 bridgehead atoms. The van der Waals surface area contributed by atoms with Gasteiger partial charge in [0, 0.05) is 39.2 Å². The number of rotatable bonds is 6. The van der Waals surface area contributed by atoms with Gasteiger partial charge in [-0.25, -0.2) is 4.39 Å². The summed E-state index contributed by atoms with van der Waals surface area (Å²) in [7, 11) is 2.04. The summed E-state index contributed by atoms with van der Waals surface area (Å²) in [6, 6.07) is 6.89. The van der Waals surface area contributed by atoms with Crippen molar-refractivity contribution in [2.24, 2.45) is 10.9 Å². The molecule has 0 aliphatic carbocycles. The molecule has 0 spiro atoms. The third-order valence-corrected chi connectivity index (χ3v) is 3.85. The zero-order valence-corrected chi connectivity index (χ0v) is 16.3. The van der Waals surface area contributed by atoms with Crippen LogP contribution in [-0.2, 0) is 11.2 Å². The van der Waals surface area contributed by atoms with Crippen molar-refractivity contribution in [2.75, 3.05) is 39.9 Å². The maximum Gasteiger partial charge on any atom is 0.193 e. The Morgan fingerprint density at radius 2 is 2.22 bits per heavy atom. The smallest absolute Gasteiger partial charge is 0.193 e. The molecule has 1 N–H and O–H groups in total. The van der Waals surface area contributed by atoms with Gasteiger partial charge < -0.3 is 15.0 Å². The van der Waals surface area contributed by atoms with E-state index in [1.807, 2.05) is 19.2 Å². The van der Waals surface area contributed by atoms with E-state index in [0.717, 1.165) is 38.7 Å². The van der Waals surface area contributed by atoms with Gasteiger partial charge in [0.25, 0.3) is 0 Å². The summed E-state index contributed by atoms with van der Waals surface area (Å²) < 4.78 is 19.0. The molecular weight excluding hydrogens is 408 g/mol. The fraction of sp³-hybridized carbons (Fsp3) is 0.588. The molecule has 130 valence electrons. The monoisotopic (exact) mass is 435 g/mol. The first-order valence-corrected chi connectivity index (χ1v) is 8.01. The minimum atomic E-state index is -0.154. The second kappa shape index (κ2) is 10.8. The highest BCUT2D eigenvalue weighted by atomic mass is 127. The molecule has 1 aromatic carbocycles. The van der Waals surface area contributed by atoms with E-state index in [4.69, 9.17) is 4.74 Å². The minimum absolute atomic E-state index is 0. The molecule has 1 fully saturated rings. The number of benzene rings is 1. The molecule has 1 unspecified atom stereocenters. The Bertz CT molecular complexity index is 492. The lowest BCUT2D eigenvalue weighted by molar-refractivity contribution is 0.181. The summed E-state index contributed by atoms with van der Waals surface area (Å²) >= 11 is 0. The average Bonchev–Trinajstić information content (AvgIpc) is 3.01. The summed E-state index contributed by atoms with van der Waals surface area (Å²) in [6.45, 7) is 6.09. The minimum Gasteiger partial charge on any atom is -0.381 e. The second-order valence-corrected chi connectivity index (χ2v) is 5.69. The van der Waals surface area contributed by atoms with E-state index in [-0.39, 0.29) is 29.8 Å². The zero-order chi connectivity index (χ0) is 15.8. The van der Waals surface area contributed by atoms with Crippen LogP contribution in [0, 0.1) is 11.7 Å². The number of nitrogens with zero attached hydrogens (tertiary/aromatic N) is 2. The summed E-state index contributed by atoms with van der Waals surface area (Å²) in [4.78, 5) is 6.76. The van der Waals surface area contributed by atoms with Gasteiger partial charge in [-0.15, -0.1) is 24.0 Å². The van der Waals surface area contributed by atoms with Crippen LogP contribution in [0.25, 0.3) is 0 Å². The van der Waals surface area contributed by atoms with Gasteiger partial charge in [0.15, 0.2) is 5.96 Å². The molecule has 4 nitrogen and oxygen atoms in total. The third kappa shape index (κ3) is 6.63. The summed E-state index contributed by atoms with van der Waals surface area (Å²) in [5.41, 5.74) is 0.717. The standard InChI is InChI=1S/C17H26FN3O.HI/c1-3-19-17(21(2)12-14-9-11-22-13-14)20-10-8-15-6-4-5-7-16(15)18;/h4-7,14H,3,8-13H2,1-2H3,(H,19,20);1H. The Balaban J connectivity index is 0.00000264. The Morgan fingerprint density at radius 1 is 1.43 bits per heavy atom. The fourth-order valence-corrected chi connectivity index (χ4v) is 2.65. The molecule has 23 heavy (non-hydrogen) atoms. The lowest BCUT2D eigenvalue weighted by atomic mass is 10.1. The number of ether oxygens (including phenoxy) is 1. The SMILES string of the molecule is CCNC(=NCCc1ccccc1F)N(C)CC1CCOC1.I. The molecule has 6 heteroatoms. The normalized spacial score (nSPS) is 17.7. The summed E-state index contributed by atoms with van der Waals surface area (Å²) in [5.74, 6) is 1.30. The van der Waals surface area contributed by atoms with Gasteiger partial charge in [-0.3, -0.25) is 4.99 Å². The molecule has 1 saturated heterocycles. The van der Waals surface area contributed by atoms with Gasteiger partial charge >= 0.3 is 0 Å². The lowest BCUT2D eigenvalue weighted by Crippen LogP contribution is -2.41. The largest absolute Gasteiger partial charge is 0.381 e. The highest BCUT2D eigenvalue weighted by Gasteiger charge is 2.18. The van der Waals surface area contributed by atoms with Crippen molar-refractivity contribution in [2.45, 2.75) is 19.8 Å². The quantitative estimate of drug-likeness (QED) is 0.424. The van der Waals surface area contributed by atoms with Crippen molar-refractivity contribution >= 4 is 29.9 Å². The highest BCUT2D eigenvalue weighted by molar-refractivity contribution is 14.0. The molecule has 1 heterocycles. The first-order valence-electron chi connectivity index (χ1n) is 8.01. The maximum atomic E-state index is 13.6. The average molecular weight is 435 g/mol. The van der Waals surface area contributed by atoms with Crippen LogP contribution < -0.4 is 5.32 Å². The van der Waals surface area contributed by atoms with E-state index in [1.54, 1.807) is 6.07 Å². The maximum absolute atomic E-state index is 13.6. The number of halogens is 2. The molecule has 0 aromatic heterocycles. The Labute approximate surface area is 155 Å². The van der Waals surface area contributed by atoms with Gasteiger partial charge in [0.05, 0.1) is 6.61 Å². The van der Waals surface area contributed by atoms with Crippen LogP contribution in [0.2, 0.25) is 0 Å². The van der Waals surface area contributed by atoms with Gasteiger partial charge in [-0.05, 0) is 31.4 Å². The number of hydrogen-bond donors (Lipinski definition) is 1. The van der Waals surface area contributed by atoms with Crippen molar-refractivity contribution in [3.8, 4) is 0 Å². The number of guanidine groups is 1. The predicted octanol–water partition coefficient (Wildman–Crippen LogP) is 2.92. The van der Waals surface area contributed by atoms with Gasteiger partial charge in [-0.1, -0.05) is 18.2 Å². The molecule has 1 aliphatic heterocycles. The number of nitrogens with one attached hydrogen (secondary N) is 1. The second-order valence-electron chi connectivity index (χ2n) is 5.69. The van der Waals surface area contributed by atoms with Crippen molar-refractivity contribution in [1.29, 1.82) is 0 Å². The van der Waals surface area contributed by atoms with E-state index in [9.17, 15) is 4.39 Å². The molecule has 1 atom stereocenters. The van der Waals surface area contributed by atoms with Crippen molar-refractivity contribution in [3.05, 3.63) is 35.6 Å². The van der Waals surface area contributed by atoms with Crippen molar-refractivity contribution in [1.82, 2.24) is 10.2 Å². The van der Waals surface area contributed by atoms with E-state index >= 15 is 0 Å². The molecular formula is C17H27FIN3O. The van der Waals surface area contributed by atoms with Gasteiger partial charge in [0.1, 0.15) is 5.82 Å². The Morgan fingerprint density at radius 3 is 2.87 bits per heavy atom. The molecule has 1 aromatic rings. The molecule has 0 radical (unpaired) electrons.